The molecule has 1 aromatic rings. The molecule has 0 aliphatic carbocycles. The van der Waals surface area contributed by atoms with Gasteiger partial charge in [0.05, 0.1) is 0 Å². The summed E-state index contributed by atoms with van der Waals surface area (Å²) in [5, 5.41) is 11.3. The van der Waals surface area contributed by atoms with E-state index in [1.54, 1.807) is 0 Å². The Kier molecular flexibility index (Phi) is 8.05. The van der Waals surface area contributed by atoms with Gasteiger partial charge in [-0.2, -0.15) is 0 Å². The van der Waals surface area contributed by atoms with Crippen molar-refractivity contribution in [1.29, 1.82) is 0 Å². The highest BCUT2D eigenvalue weighted by atomic mass is 35.5. The van der Waals surface area contributed by atoms with Gasteiger partial charge >= 0.3 is 11.9 Å². The second kappa shape index (κ2) is 9.07. The lowest BCUT2D eigenvalue weighted by Crippen LogP contribution is -2.12. The quantitative estimate of drug-likeness (QED) is 0.468. The molecule has 0 aliphatic heterocycles. The largest absolute Gasteiger partial charge is 0.478 e. The zero-order chi connectivity index (χ0) is 12.5. The van der Waals surface area contributed by atoms with Crippen molar-refractivity contribution >= 4 is 30.0 Å². The lowest BCUT2D eigenvalue weighted by Gasteiger charge is -2.05. The molecule has 0 amide bonds. The smallest absolute Gasteiger partial charge is 0.331 e. The molecule has 2 N–H and O–H groups in total. The molecule has 0 heterocycles. The zero-order valence-corrected chi connectivity index (χ0v) is 10.4. The van der Waals surface area contributed by atoms with E-state index in [4.69, 9.17) is 9.84 Å². The highest BCUT2D eigenvalue weighted by molar-refractivity contribution is 5.90. The van der Waals surface area contributed by atoms with Crippen molar-refractivity contribution in [1.82, 2.24) is 0 Å². The molecule has 0 saturated carbocycles. The van der Waals surface area contributed by atoms with Gasteiger partial charge in [0, 0.05) is 24.4 Å². The molecule has 18 heavy (non-hydrogen) atoms. The Hall–Kier alpha value is -2.01. The summed E-state index contributed by atoms with van der Waals surface area (Å²) >= 11 is 0. The summed E-state index contributed by atoms with van der Waals surface area (Å²) in [6.45, 7) is 0.647. The Labute approximate surface area is 111 Å². The Morgan fingerprint density at radius 2 is 1.89 bits per heavy atom. The van der Waals surface area contributed by atoms with E-state index in [1.165, 1.54) is 0 Å². The number of hydrogen-bond acceptors (Lipinski definition) is 4. The molecule has 0 atom stereocenters. The minimum absolute atomic E-state index is 0. The number of benzene rings is 1. The average Bonchev–Trinajstić information content (AvgIpc) is 2.33. The summed E-state index contributed by atoms with van der Waals surface area (Å²) in [7, 11) is 0. The third kappa shape index (κ3) is 7.29. The fourth-order valence-electron chi connectivity index (χ4n) is 1.09. The lowest BCUT2D eigenvalue weighted by atomic mass is 10.3. The first kappa shape index (κ1) is 16.0. The van der Waals surface area contributed by atoms with Gasteiger partial charge in [-0.05, 0) is 12.1 Å². The van der Waals surface area contributed by atoms with Crippen molar-refractivity contribution in [2.45, 2.75) is 0 Å². The van der Waals surface area contributed by atoms with Crippen LogP contribution in [0.2, 0.25) is 0 Å². The number of para-hydroxylation sites is 1. The van der Waals surface area contributed by atoms with Gasteiger partial charge in [0.25, 0.3) is 0 Å². The van der Waals surface area contributed by atoms with E-state index in [2.05, 4.69) is 5.32 Å². The van der Waals surface area contributed by atoms with Crippen molar-refractivity contribution in [3.05, 3.63) is 42.5 Å². The van der Waals surface area contributed by atoms with Crippen LogP contribution in [0.25, 0.3) is 0 Å². The van der Waals surface area contributed by atoms with Crippen LogP contribution in [-0.2, 0) is 14.3 Å². The predicted octanol–water partition coefficient (Wildman–Crippen LogP) is 1.70. The molecule has 0 spiro atoms. The predicted molar refractivity (Wildman–Crippen MR) is 69.9 cm³/mol. The molecular formula is C12H14ClNO4. The van der Waals surface area contributed by atoms with E-state index in [1.807, 2.05) is 30.3 Å². The number of aliphatic carboxylic acids is 1. The standard InChI is InChI=1S/C12H13NO4.ClH/c14-11(15)6-7-12(16)17-9-8-13-10-4-2-1-3-5-10;/h1-7,13H,8-9H2,(H,14,15);1H/b7-6+;. The van der Waals surface area contributed by atoms with E-state index in [0.29, 0.717) is 6.54 Å². The Morgan fingerprint density at radius 1 is 1.22 bits per heavy atom. The average molecular weight is 272 g/mol. The van der Waals surface area contributed by atoms with Gasteiger partial charge < -0.3 is 15.2 Å². The minimum atomic E-state index is -1.18. The number of hydrogen-bond donors (Lipinski definition) is 2. The molecule has 0 radical (unpaired) electrons. The van der Waals surface area contributed by atoms with Crippen LogP contribution in [0, 0.1) is 0 Å². The number of esters is 1. The topological polar surface area (TPSA) is 75.6 Å². The van der Waals surface area contributed by atoms with Crippen molar-refractivity contribution in [3.8, 4) is 0 Å². The highest BCUT2D eigenvalue weighted by Gasteiger charge is 1.97. The van der Waals surface area contributed by atoms with Crippen LogP contribution in [0.15, 0.2) is 42.5 Å². The fourth-order valence-corrected chi connectivity index (χ4v) is 1.09. The maximum absolute atomic E-state index is 11.0. The second-order valence-electron chi connectivity index (χ2n) is 3.13. The number of ether oxygens (including phenoxy) is 1. The monoisotopic (exact) mass is 271 g/mol. The number of rotatable bonds is 6. The van der Waals surface area contributed by atoms with Crippen molar-refractivity contribution < 1.29 is 19.4 Å². The summed E-state index contributed by atoms with van der Waals surface area (Å²) in [5.74, 6) is -1.84. The summed E-state index contributed by atoms with van der Waals surface area (Å²) < 4.78 is 4.76. The van der Waals surface area contributed by atoms with Gasteiger partial charge in [-0.1, -0.05) is 18.2 Å². The fraction of sp³-hybridized carbons (Fsp3) is 0.167. The van der Waals surface area contributed by atoms with E-state index in [0.717, 1.165) is 17.8 Å². The Balaban J connectivity index is 0.00000289. The van der Waals surface area contributed by atoms with Gasteiger partial charge in [0.1, 0.15) is 6.61 Å². The lowest BCUT2D eigenvalue weighted by molar-refractivity contribution is -0.138. The van der Waals surface area contributed by atoms with Crippen molar-refractivity contribution in [2.75, 3.05) is 18.5 Å². The number of carboxylic acid groups (broad SMARTS) is 1. The van der Waals surface area contributed by atoms with Crippen LogP contribution in [0.4, 0.5) is 5.69 Å². The van der Waals surface area contributed by atoms with Crippen LogP contribution in [0.5, 0.6) is 0 Å². The van der Waals surface area contributed by atoms with Gasteiger partial charge in [-0.15, -0.1) is 12.4 Å². The highest BCUT2D eigenvalue weighted by Crippen LogP contribution is 2.03. The number of carbonyl (C=O) groups is 2. The number of carboxylic acids is 1. The van der Waals surface area contributed by atoms with Gasteiger partial charge in [-0.3, -0.25) is 0 Å². The van der Waals surface area contributed by atoms with Crippen LogP contribution in [-0.4, -0.2) is 30.2 Å². The number of anilines is 1. The van der Waals surface area contributed by atoms with E-state index < -0.39 is 11.9 Å². The summed E-state index contributed by atoms with van der Waals surface area (Å²) in [4.78, 5) is 21.1. The number of halogens is 1. The molecule has 6 heteroatoms. The van der Waals surface area contributed by atoms with E-state index in [9.17, 15) is 9.59 Å². The summed E-state index contributed by atoms with van der Waals surface area (Å²) in [5.41, 5.74) is 0.935. The molecule has 0 saturated heterocycles. The van der Waals surface area contributed by atoms with Gasteiger partial charge in [-0.25, -0.2) is 9.59 Å². The van der Waals surface area contributed by atoms with Gasteiger partial charge in [0.15, 0.2) is 0 Å². The van der Waals surface area contributed by atoms with Crippen LogP contribution in [0.3, 0.4) is 0 Å². The Morgan fingerprint density at radius 3 is 2.50 bits per heavy atom. The van der Waals surface area contributed by atoms with Crippen LogP contribution >= 0.6 is 12.4 Å². The van der Waals surface area contributed by atoms with Crippen LogP contribution in [0.1, 0.15) is 0 Å². The molecule has 0 fully saturated rings. The third-order valence-corrected chi connectivity index (χ3v) is 1.81. The van der Waals surface area contributed by atoms with Crippen molar-refractivity contribution in [3.63, 3.8) is 0 Å². The minimum Gasteiger partial charge on any atom is -0.478 e. The van der Waals surface area contributed by atoms with Crippen LogP contribution < -0.4 is 5.32 Å². The zero-order valence-electron chi connectivity index (χ0n) is 9.54. The molecule has 1 rings (SSSR count). The molecule has 0 aromatic heterocycles. The first-order valence-corrected chi connectivity index (χ1v) is 5.05. The second-order valence-corrected chi connectivity index (χ2v) is 3.13. The summed E-state index contributed by atoms with van der Waals surface area (Å²) in [6.07, 6.45) is 1.62. The molecule has 0 bridgehead atoms. The van der Waals surface area contributed by atoms with E-state index >= 15 is 0 Å². The maximum atomic E-state index is 11.0. The Bertz CT molecular complexity index is 406. The normalized spacial score (nSPS) is 9.56. The number of nitrogens with one attached hydrogen (secondary N) is 1. The number of carbonyl (C=O) groups excluding carboxylic acids is 1. The molecule has 1 aromatic carbocycles. The molecular weight excluding hydrogens is 258 g/mol. The van der Waals surface area contributed by atoms with E-state index in [-0.39, 0.29) is 19.0 Å². The SMILES string of the molecule is Cl.O=C(O)/C=C/C(=O)OCCNc1ccccc1. The van der Waals surface area contributed by atoms with Gasteiger partial charge in [0.2, 0.25) is 0 Å². The molecule has 0 aliphatic rings. The molecule has 5 nitrogen and oxygen atoms in total. The molecule has 0 unspecified atom stereocenters. The first-order valence-electron chi connectivity index (χ1n) is 5.05. The van der Waals surface area contributed by atoms with Crippen molar-refractivity contribution in [2.24, 2.45) is 0 Å². The summed E-state index contributed by atoms with van der Waals surface area (Å²) in [6, 6.07) is 9.48. The maximum Gasteiger partial charge on any atom is 0.331 e. The first-order chi connectivity index (χ1) is 8.18. The third-order valence-electron chi connectivity index (χ3n) is 1.81. The molecule has 98 valence electrons.